The number of carbonyl (C=O) groups is 1. The van der Waals surface area contributed by atoms with E-state index in [0.717, 1.165) is 49.0 Å². The van der Waals surface area contributed by atoms with Gasteiger partial charge in [0.05, 0.1) is 26.7 Å². The number of unbranched alkanes of at least 4 members (excludes halogenated alkanes) is 1. The molecule has 1 unspecified atom stereocenters. The van der Waals surface area contributed by atoms with Crippen molar-refractivity contribution in [3.8, 4) is 17.5 Å². The third kappa shape index (κ3) is 8.89. The number of esters is 1. The van der Waals surface area contributed by atoms with Crippen molar-refractivity contribution >= 4 is 11.8 Å². The van der Waals surface area contributed by atoms with E-state index in [0.29, 0.717) is 24.7 Å². The van der Waals surface area contributed by atoms with Gasteiger partial charge in [-0.3, -0.25) is 14.8 Å². The maximum Gasteiger partial charge on any atom is 0.347 e. The Balaban J connectivity index is 1.39. The van der Waals surface area contributed by atoms with Gasteiger partial charge in [0.2, 0.25) is 0 Å². The Labute approximate surface area is 239 Å². The molecule has 218 valence electrons. The highest BCUT2D eigenvalue weighted by Crippen LogP contribution is 2.29. The number of rotatable bonds is 16. The summed E-state index contributed by atoms with van der Waals surface area (Å²) in [6.07, 6.45) is 2.42. The van der Waals surface area contributed by atoms with E-state index in [-0.39, 0.29) is 24.2 Å². The van der Waals surface area contributed by atoms with E-state index in [9.17, 15) is 9.59 Å². The summed E-state index contributed by atoms with van der Waals surface area (Å²) in [5.74, 6) is 0.529. The number of H-pyrrole nitrogens is 2. The summed E-state index contributed by atoms with van der Waals surface area (Å²) in [5.41, 5.74) is 2.97. The van der Waals surface area contributed by atoms with Gasteiger partial charge in [-0.25, -0.2) is 4.79 Å². The zero-order chi connectivity index (χ0) is 29.0. The maximum atomic E-state index is 12.0. The second kappa shape index (κ2) is 15.0. The highest BCUT2D eigenvalue weighted by Gasteiger charge is 2.21. The van der Waals surface area contributed by atoms with Gasteiger partial charge in [0, 0.05) is 18.7 Å². The molecule has 41 heavy (non-hydrogen) atoms. The molecule has 0 fully saturated rings. The van der Waals surface area contributed by atoms with Crippen molar-refractivity contribution in [1.29, 1.82) is 0 Å². The first kappa shape index (κ1) is 29.8. The zero-order valence-corrected chi connectivity index (χ0v) is 23.8. The molecule has 0 spiro atoms. The van der Waals surface area contributed by atoms with E-state index in [1.165, 1.54) is 7.11 Å². The van der Waals surface area contributed by atoms with Crippen LogP contribution in [0.3, 0.4) is 0 Å². The maximum absolute atomic E-state index is 12.0. The summed E-state index contributed by atoms with van der Waals surface area (Å²) in [5, 5.41) is 3.38. The molecule has 2 aromatic rings. The zero-order valence-electron chi connectivity index (χ0n) is 23.8. The van der Waals surface area contributed by atoms with E-state index in [1.54, 1.807) is 0 Å². The molecule has 2 aliphatic rings. The fraction of sp³-hybridized carbons (Fsp3) is 0.400. The van der Waals surface area contributed by atoms with Crippen LogP contribution < -0.4 is 15.7 Å². The van der Waals surface area contributed by atoms with E-state index < -0.39 is 11.9 Å². The molecular weight excluding hydrogens is 524 g/mol. The molecule has 0 radical (unpaired) electrons. The van der Waals surface area contributed by atoms with E-state index in [4.69, 9.17) is 14.2 Å². The van der Waals surface area contributed by atoms with Crippen molar-refractivity contribution in [2.75, 3.05) is 39.2 Å². The molecule has 0 aliphatic carbocycles. The summed E-state index contributed by atoms with van der Waals surface area (Å²) < 4.78 is 16.9. The lowest BCUT2D eigenvalue weighted by atomic mass is 10.1. The molecule has 3 N–H and O–H groups in total. The number of methoxy groups -OCH3 is 1. The number of ether oxygens (including phenoxy) is 3. The van der Waals surface area contributed by atoms with Crippen molar-refractivity contribution in [2.45, 2.75) is 45.4 Å². The normalized spacial score (nSPS) is 12.0. The van der Waals surface area contributed by atoms with Gasteiger partial charge < -0.3 is 24.4 Å². The first-order valence-corrected chi connectivity index (χ1v) is 13.8. The van der Waals surface area contributed by atoms with Crippen molar-refractivity contribution < 1.29 is 19.0 Å². The number of fused-ring (bicyclic) bond motifs is 1. The molecule has 11 nitrogen and oxygen atoms in total. The number of nitrogens with zero attached hydrogens (tertiary/aromatic N) is 3. The standard InChI is InChI=1S/C30H38N6O5/c1-4-5-16-41-30-34-26(25-27(35-30)33-29(38)31-25)32-28(23-13-7-6-8-14-23)40-17-10-15-36(2)20-22-12-9-11-21(18-22)19-24(37)39-3/h6-9,11-14,18,28H,4-5,10,15-17,19-20H2,1-3H3,(H3,31,32,33,34,35,38). The van der Waals surface area contributed by atoms with Crippen LogP contribution in [-0.2, 0) is 27.2 Å². The largest absolute Gasteiger partial charge is 0.469 e. The Bertz CT molecular complexity index is 1410. The topological polar surface area (TPSA) is 134 Å². The molecule has 2 aromatic carbocycles. The van der Waals surface area contributed by atoms with Crippen LogP contribution in [0.2, 0.25) is 0 Å². The summed E-state index contributed by atoms with van der Waals surface area (Å²) in [4.78, 5) is 40.0. The van der Waals surface area contributed by atoms with Crippen LogP contribution in [-0.4, -0.2) is 64.7 Å². The number of carbonyl (C=O) groups excluding carboxylic acids is 1. The molecule has 11 heteroatoms. The summed E-state index contributed by atoms with van der Waals surface area (Å²) >= 11 is 0. The first-order chi connectivity index (χ1) is 19.9. The smallest absolute Gasteiger partial charge is 0.347 e. The number of aromatic amines is 2. The third-order valence-electron chi connectivity index (χ3n) is 6.46. The van der Waals surface area contributed by atoms with Crippen LogP contribution in [0.15, 0.2) is 59.4 Å². The fourth-order valence-electron chi connectivity index (χ4n) is 4.36. The molecule has 0 saturated carbocycles. The Kier molecular flexibility index (Phi) is 10.9. The molecule has 1 atom stereocenters. The number of nitrogens with one attached hydrogen (secondary N) is 3. The Morgan fingerprint density at radius 3 is 2.61 bits per heavy atom. The number of anilines is 1. The first-order valence-electron chi connectivity index (χ1n) is 13.8. The van der Waals surface area contributed by atoms with Gasteiger partial charge in [0.25, 0.3) is 6.01 Å². The fourth-order valence-corrected chi connectivity index (χ4v) is 4.36. The summed E-state index contributed by atoms with van der Waals surface area (Å²) in [6, 6.07) is 18.1. The van der Waals surface area contributed by atoms with Crippen LogP contribution in [0.5, 0.6) is 6.01 Å². The highest BCUT2D eigenvalue weighted by molar-refractivity contribution is 5.72. The second-order valence-electron chi connectivity index (χ2n) is 9.83. The second-order valence-corrected chi connectivity index (χ2v) is 9.83. The minimum Gasteiger partial charge on any atom is -0.469 e. The summed E-state index contributed by atoms with van der Waals surface area (Å²) in [7, 11) is 3.46. The summed E-state index contributed by atoms with van der Waals surface area (Å²) in [6.45, 7) is 4.63. The number of imidazole rings is 1. The van der Waals surface area contributed by atoms with Crippen LogP contribution in [0.4, 0.5) is 5.82 Å². The van der Waals surface area contributed by atoms with Crippen LogP contribution in [0.25, 0.3) is 11.5 Å². The van der Waals surface area contributed by atoms with E-state index in [2.05, 4.69) is 50.2 Å². The van der Waals surface area contributed by atoms with Crippen LogP contribution >= 0.6 is 0 Å². The minimum absolute atomic E-state index is 0.249. The Morgan fingerprint density at radius 2 is 1.83 bits per heavy atom. The van der Waals surface area contributed by atoms with Crippen molar-refractivity contribution in [1.82, 2.24) is 24.8 Å². The van der Waals surface area contributed by atoms with Gasteiger partial charge in [-0.1, -0.05) is 67.9 Å². The average molecular weight is 563 g/mol. The minimum atomic E-state index is -0.500. The molecule has 0 aromatic heterocycles. The predicted molar refractivity (Wildman–Crippen MR) is 156 cm³/mol. The van der Waals surface area contributed by atoms with Gasteiger partial charge in [-0.15, -0.1) is 0 Å². The molecular formula is C30H38N6O5. The SMILES string of the molecule is CCCCOc1nc2nc(=O)[nH]c-2c(NC(OCCCN(C)Cc2cccc(CC(=O)OC)c2)c2ccccc2)[nH]1. The number of hydrogen-bond acceptors (Lipinski definition) is 9. The van der Waals surface area contributed by atoms with Crippen LogP contribution in [0, 0.1) is 0 Å². The van der Waals surface area contributed by atoms with Crippen molar-refractivity contribution in [2.24, 2.45) is 0 Å². The van der Waals surface area contributed by atoms with Crippen molar-refractivity contribution in [3.63, 3.8) is 0 Å². The molecule has 2 aliphatic heterocycles. The molecule has 0 amide bonds. The quantitative estimate of drug-likeness (QED) is 0.105. The molecule has 0 saturated heterocycles. The van der Waals surface area contributed by atoms with Gasteiger partial charge in [0.1, 0.15) is 11.5 Å². The predicted octanol–water partition coefficient (Wildman–Crippen LogP) is 4.14. The lowest BCUT2D eigenvalue weighted by Crippen LogP contribution is -2.22. The van der Waals surface area contributed by atoms with Gasteiger partial charge >= 0.3 is 11.7 Å². The average Bonchev–Trinajstić information content (AvgIpc) is 3.35. The van der Waals surface area contributed by atoms with E-state index in [1.807, 2.05) is 48.5 Å². The van der Waals surface area contributed by atoms with Gasteiger partial charge in [0.15, 0.2) is 12.1 Å². The molecule has 2 heterocycles. The van der Waals surface area contributed by atoms with E-state index >= 15 is 0 Å². The monoisotopic (exact) mass is 562 g/mol. The molecule has 4 rings (SSSR count). The van der Waals surface area contributed by atoms with Crippen LogP contribution in [0.1, 0.15) is 49.1 Å². The number of aromatic nitrogens is 4. The van der Waals surface area contributed by atoms with Gasteiger partial charge in [-0.2, -0.15) is 9.97 Å². The Morgan fingerprint density at radius 1 is 1.02 bits per heavy atom. The number of hydrogen-bond donors (Lipinski definition) is 3. The van der Waals surface area contributed by atoms with Gasteiger partial charge in [-0.05, 0) is 31.0 Å². The lowest BCUT2D eigenvalue weighted by molar-refractivity contribution is -0.139. The molecule has 0 bridgehead atoms. The Hall–Kier alpha value is -4.22. The highest BCUT2D eigenvalue weighted by atomic mass is 16.5. The van der Waals surface area contributed by atoms with Crippen molar-refractivity contribution in [3.05, 3.63) is 81.8 Å². The third-order valence-corrected chi connectivity index (χ3v) is 6.46. The number of benzene rings is 2. The lowest BCUT2D eigenvalue weighted by Gasteiger charge is -2.23.